The molecular weight excluding hydrogens is 254 g/mol. The predicted octanol–water partition coefficient (Wildman–Crippen LogP) is 3.61. The van der Waals surface area contributed by atoms with Gasteiger partial charge < -0.3 is 14.8 Å². The number of para-hydroxylation sites is 1. The van der Waals surface area contributed by atoms with Gasteiger partial charge in [-0.1, -0.05) is 26.0 Å². The van der Waals surface area contributed by atoms with Gasteiger partial charge in [0, 0.05) is 22.7 Å². The van der Waals surface area contributed by atoms with Crippen molar-refractivity contribution >= 4 is 22.4 Å². The first-order chi connectivity index (χ1) is 9.45. The molecule has 4 heteroatoms. The van der Waals surface area contributed by atoms with E-state index in [-0.39, 0.29) is 5.92 Å². The van der Waals surface area contributed by atoms with Crippen LogP contribution in [0, 0.1) is 12.8 Å². The van der Waals surface area contributed by atoms with Crippen molar-refractivity contribution in [2.75, 3.05) is 7.11 Å². The first-order valence-electron chi connectivity index (χ1n) is 6.55. The summed E-state index contributed by atoms with van der Waals surface area (Å²) in [4.78, 5) is 14.4. The third kappa shape index (κ3) is 2.41. The number of ether oxygens (including phenoxy) is 1. The molecule has 0 saturated carbocycles. The summed E-state index contributed by atoms with van der Waals surface area (Å²) < 4.78 is 5.35. The topological polar surface area (TPSA) is 62.3 Å². The summed E-state index contributed by atoms with van der Waals surface area (Å²) in [6.07, 6.45) is 1.29. The molecule has 1 aromatic carbocycles. The molecule has 1 aromatic heterocycles. The molecule has 0 aliphatic heterocycles. The van der Waals surface area contributed by atoms with Gasteiger partial charge in [-0.2, -0.15) is 0 Å². The molecule has 0 amide bonds. The Bertz CT molecular complexity index is 680. The predicted molar refractivity (Wildman–Crippen MR) is 80.0 cm³/mol. The van der Waals surface area contributed by atoms with Gasteiger partial charge in [0.15, 0.2) is 0 Å². The van der Waals surface area contributed by atoms with Gasteiger partial charge in [0.25, 0.3) is 0 Å². The molecule has 0 bridgehead atoms. The van der Waals surface area contributed by atoms with E-state index in [9.17, 15) is 4.79 Å². The van der Waals surface area contributed by atoms with E-state index in [0.29, 0.717) is 0 Å². The number of aromatic amines is 1. The van der Waals surface area contributed by atoms with Crippen LogP contribution in [-0.2, 0) is 4.79 Å². The number of nitrogens with one attached hydrogen (secondary N) is 1. The number of fused-ring (bicyclic) bond motifs is 1. The SMILES string of the molecule is COc1cccc2c(/C(=C/C(=O)O)C(C)C)c(C)[nH]c12. The second-order valence-corrected chi connectivity index (χ2v) is 5.10. The summed E-state index contributed by atoms with van der Waals surface area (Å²) in [5.74, 6) is -0.0457. The lowest BCUT2D eigenvalue weighted by Gasteiger charge is -2.11. The third-order valence-electron chi connectivity index (χ3n) is 3.39. The third-order valence-corrected chi connectivity index (χ3v) is 3.39. The Morgan fingerprint density at radius 3 is 2.65 bits per heavy atom. The van der Waals surface area contributed by atoms with Crippen molar-refractivity contribution in [1.29, 1.82) is 0 Å². The molecule has 2 N–H and O–H groups in total. The van der Waals surface area contributed by atoms with Crippen LogP contribution in [0.5, 0.6) is 5.75 Å². The van der Waals surface area contributed by atoms with E-state index in [1.54, 1.807) is 7.11 Å². The molecular formula is C16H19NO3. The van der Waals surface area contributed by atoms with Crippen molar-refractivity contribution in [2.45, 2.75) is 20.8 Å². The normalized spacial score (nSPS) is 12.2. The summed E-state index contributed by atoms with van der Waals surface area (Å²) in [5, 5.41) is 10.1. The first-order valence-corrected chi connectivity index (χ1v) is 6.55. The van der Waals surface area contributed by atoms with Gasteiger partial charge in [-0.15, -0.1) is 0 Å². The molecule has 0 aliphatic rings. The molecule has 2 rings (SSSR count). The van der Waals surface area contributed by atoms with Gasteiger partial charge in [0.1, 0.15) is 5.75 Å². The summed E-state index contributed by atoms with van der Waals surface area (Å²) in [7, 11) is 1.63. The molecule has 4 nitrogen and oxygen atoms in total. The summed E-state index contributed by atoms with van der Waals surface area (Å²) in [6, 6.07) is 5.78. The maximum absolute atomic E-state index is 11.1. The fraction of sp³-hybridized carbons (Fsp3) is 0.312. The van der Waals surface area contributed by atoms with E-state index in [0.717, 1.165) is 33.5 Å². The van der Waals surface area contributed by atoms with Gasteiger partial charge in [-0.25, -0.2) is 4.79 Å². The van der Waals surface area contributed by atoms with Crippen LogP contribution in [0.25, 0.3) is 16.5 Å². The molecule has 2 aromatic rings. The smallest absolute Gasteiger partial charge is 0.328 e. The minimum atomic E-state index is -0.926. The Morgan fingerprint density at radius 2 is 2.10 bits per heavy atom. The maximum atomic E-state index is 11.1. The molecule has 20 heavy (non-hydrogen) atoms. The average molecular weight is 273 g/mol. The molecule has 1 heterocycles. The molecule has 0 unspecified atom stereocenters. The van der Waals surface area contributed by atoms with Gasteiger partial charge in [-0.05, 0) is 24.5 Å². The van der Waals surface area contributed by atoms with Crippen LogP contribution in [0.15, 0.2) is 24.3 Å². The van der Waals surface area contributed by atoms with Crippen LogP contribution >= 0.6 is 0 Å². The number of rotatable bonds is 4. The first kappa shape index (κ1) is 14.2. The van der Waals surface area contributed by atoms with Gasteiger partial charge in [0.2, 0.25) is 0 Å². The lowest BCUT2D eigenvalue weighted by atomic mass is 9.92. The minimum absolute atomic E-state index is 0.120. The monoisotopic (exact) mass is 273 g/mol. The molecule has 0 radical (unpaired) electrons. The van der Waals surface area contributed by atoms with Crippen LogP contribution in [0.3, 0.4) is 0 Å². The summed E-state index contributed by atoms with van der Waals surface area (Å²) in [6.45, 7) is 5.94. The van der Waals surface area contributed by atoms with Crippen molar-refractivity contribution in [3.8, 4) is 5.75 Å². The van der Waals surface area contributed by atoms with Crippen LogP contribution < -0.4 is 4.74 Å². The number of hydrogen-bond donors (Lipinski definition) is 2. The molecule has 0 spiro atoms. The van der Waals surface area contributed by atoms with Gasteiger partial charge >= 0.3 is 5.97 Å². The maximum Gasteiger partial charge on any atom is 0.328 e. The number of hydrogen-bond acceptors (Lipinski definition) is 2. The lowest BCUT2D eigenvalue weighted by molar-refractivity contribution is -0.131. The minimum Gasteiger partial charge on any atom is -0.495 e. The Kier molecular flexibility index (Phi) is 3.84. The number of benzene rings is 1. The molecule has 0 atom stereocenters. The number of allylic oxidation sites excluding steroid dienone is 1. The van der Waals surface area contributed by atoms with E-state index in [1.807, 2.05) is 39.0 Å². The van der Waals surface area contributed by atoms with Crippen LogP contribution in [0.1, 0.15) is 25.1 Å². The van der Waals surface area contributed by atoms with Crippen molar-refractivity contribution in [3.05, 3.63) is 35.5 Å². The van der Waals surface area contributed by atoms with Crippen molar-refractivity contribution in [2.24, 2.45) is 5.92 Å². The van der Waals surface area contributed by atoms with E-state index in [2.05, 4.69) is 4.98 Å². The number of carboxylic acid groups (broad SMARTS) is 1. The number of aromatic nitrogens is 1. The van der Waals surface area contributed by atoms with Gasteiger partial charge in [0.05, 0.1) is 12.6 Å². The highest BCUT2D eigenvalue weighted by Crippen LogP contribution is 2.36. The van der Waals surface area contributed by atoms with E-state index >= 15 is 0 Å². The highest BCUT2D eigenvalue weighted by molar-refractivity contribution is 6.01. The second kappa shape index (κ2) is 5.41. The van der Waals surface area contributed by atoms with Crippen LogP contribution in [0.4, 0.5) is 0 Å². The van der Waals surface area contributed by atoms with Crippen molar-refractivity contribution < 1.29 is 14.6 Å². The Morgan fingerprint density at radius 1 is 1.40 bits per heavy atom. The van der Waals surface area contributed by atoms with Crippen LogP contribution in [-0.4, -0.2) is 23.2 Å². The molecule has 106 valence electrons. The zero-order valence-corrected chi connectivity index (χ0v) is 12.2. The Labute approximate surface area is 118 Å². The summed E-state index contributed by atoms with van der Waals surface area (Å²) >= 11 is 0. The summed E-state index contributed by atoms with van der Waals surface area (Å²) in [5.41, 5.74) is 3.62. The fourth-order valence-corrected chi connectivity index (χ4v) is 2.52. The largest absolute Gasteiger partial charge is 0.495 e. The van der Waals surface area contributed by atoms with E-state index in [4.69, 9.17) is 9.84 Å². The number of methoxy groups -OCH3 is 1. The molecule has 0 fully saturated rings. The Balaban J connectivity index is 2.76. The quantitative estimate of drug-likeness (QED) is 0.836. The van der Waals surface area contributed by atoms with Crippen molar-refractivity contribution in [1.82, 2.24) is 4.98 Å². The highest BCUT2D eigenvalue weighted by Gasteiger charge is 2.18. The fourth-order valence-electron chi connectivity index (χ4n) is 2.52. The molecule has 0 saturated heterocycles. The standard InChI is InChI=1S/C16H19NO3/c1-9(2)12(8-14(18)19)15-10(3)17-16-11(15)6-5-7-13(16)20-4/h5-9,17H,1-4H3,(H,18,19)/b12-8+. The number of aryl methyl sites for hydroxylation is 1. The zero-order valence-electron chi connectivity index (χ0n) is 12.2. The second-order valence-electron chi connectivity index (χ2n) is 5.10. The average Bonchev–Trinajstić information content (AvgIpc) is 2.71. The van der Waals surface area contributed by atoms with Crippen molar-refractivity contribution in [3.63, 3.8) is 0 Å². The van der Waals surface area contributed by atoms with Gasteiger partial charge in [-0.3, -0.25) is 0 Å². The lowest BCUT2D eigenvalue weighted by Crippen LogP contribution is -1.99. The number of aliphatic carboxylic acids is 1. The Hall–Kier alpha value is -2.23. The number of H-pyrrole nitrogens is 1. The zero-order chi connectivity index (χ0) is 14.9. The van der Waals surface area contributed by atoms with Crippen LogP contribution in [0.2, 0.25) is 0 Å². The van der Waals surface area contributed by atoms with E-state index in [1.165, 1.54) is 6.08 Å². The van der Waals surface area contributed by atoms with E-state index < -0.39 is 5.97 Å². The highest BCUT2D eigenvalue weighted by atomic mass is 16.5. The number of carbonyl (C=O) groups is 1. The molecule has 0 aliphatic carbocycles. The number of carboxylic acids is 1.